The Balaban J connectivity index is 5.25. The van der Waals surface area contributed by atoms with Crippen LogP contribution in [0.15, 0.2) is 0 Å². The van der Waals surface area contributed by atoms with Crippen LogP contribution in [-0.4, -0.2) is 96.7 Å². The van der Waals surface area contributed by atoms with E-state index in [9.17, 15) is 43.2 Å². The lowest BCUT2D eigenvalue weighted by molar-refractivity contribution is -0.161. The molecule has 0 aliphatic carbocycles. The second-order valence-electron chi connectivity index (χ2n) is 24.2. The number of ether oxygens (including phenoxy) is 4. The fourth-order valence-electron chi connectivity index (χ4n) is 9.19. The number of hydrogen-bond acceptors (Lipinski definition) is 15. The second-order valence-corrected chi connectivity index (χ2v) is 27.1. The molecule has 0 aliphatic rings. The summed E-state index contributed by atoms with van der Waals surface area (Å²) in [5.74, 6) is 0.749. The Labute approximate surface area is 498 Å². The number of unbranched alkanes of at least 4 members (excludes halogenated alkanes) is 24. The van der Waals surface area contributed by atoms with Gasteiger partial charge in [0.25, 0.3) is 0 Å². The van der Waals surface area contributed by atoms with Gasteiger partial charge in [0.15, 0.2) is 12.2 Å². The van der Waals surface area contributed by atoms with Crippen LogP contribution in [0.2, 0.25) is 0 Å². The minimum atomic E-state index is -4.94. The standard InChI is InChI=1S/C63H122O17P2/c1-9-55(7)41-33-25-15-11-13-17-27-35-43-60(65)73-49-59(80-63(68)46-38-30-22-20-24-32-40-54(5)6)52-78-82(71,72)76-48-57(64)47-75-81(69,70)77-51-58(50-74-61(66)44-36-28-21-19-23-31-39-53(3)4)79-62(67)45-37-29-18-14-12-16-26-34-42-56(8)10-2/h53-59,64H,9-52H2,1-8H3,(H,69,70)(H,71,72)/t55?,56?,57-,58+,59+/m0/s1. The van der Waals surface area contributed by atoms with Crippen LogP contribution >= 0.6 is 15.6 Å². The number of esters is 4. The Morgan fingerprint density at radius 1 is 0.341 bits per heavy atom. The summed E-state index contributed by atoms with van der Waals surface area (Å²) in [4.78, 5) is 72.1. The molecular formula is C63H122O17P2. The molecule has 0 aliphatic heterocycles. The zero-order valence-corrected chi connectivity index (χ0v) is 54.9. The summed E-state index contributed by atoms with van der Waals surface area (Å²) in [5.41, 5.74) is 0. The zero-order chi connectivity index (χ0) is 61.1. The van der Waals surface area contributed by atoms with E-state index >= 15 is 0 Å². The number of aliphatic hydroxyl groups is 1. The smallest absolute Gasteiger partial charge is 0.462 e. The predicted octanol–water partition coefficient (Wildman–Crippen LogP) is 17.0. The van der Waals surface area contributed by atoms with Gasteiger partial charge in [0.1, 0.15) is 19.3 Å². The van der Waals surface area contributed by atoms with Gasteiger partial charge in [-0.15, -0.1) is 0 Å². The van der Waals surface area contributed by atoms with Gasteiger partial charge in [0.2, 0.25) is 0 Å². The number of carbonyl (C=O) groups is 4. The summed E-state index contributed by atoms with van der Waals surface area (Å²) < 4.78 is 67.9. The van der Waals surface area contributed by atoms with Gasteiger partial charge in [-0.2, -0.15) is 0 Å². The molecule has 82 heavy (non-hydrogen) atoms. The monoisotopic (exact) mass is 1210 g/mol. The Kier molecular flexibility index (Phi) is 52.0. The lowest BCUT2D eigenvalue weighted by Gasteiger charge is -2.21. The predicted molar refractivity (Wildman–Crippen MR) is 326 cm³/mol. The van der Waals surface area contributed by atoms with Crippen molar-refractivity contribution < 1.29 is 80.2 Å². The Morgan fingerprint density at radius 3 is 0.866 bits per heavy atom. The Morgan fingerprint density at radius 2 is 0.585 bits per heavy atom. The molecule has 7 atom stereocenters. The first-order valence-corrected chi connectivity index (χ1v) is 35.8. The normalized spacial score (nSPS) is 15.1. The topological polar surface area (TPSA) is 237 Å². The van der Waals surface area contributed by atoms with Crippen LogP contribution in [0.5, 0.6) is 0 Å². The molecule has 17 nitrogen and oxygen atoms in total. The van der Waals surface area contributed by atoms with Crippen molar-refractivity contribution >= 4 is 39.5 Å². The third kappa shape index (κ3) is 54.7. The van der Waals surface area contributed by atoms with Crippen LogP contribution in [-0.2, 0) is 65.4 Å². The van der Waals surface area contributed by atoms with Crippen molar-refractivity contribution in [3.05, 3.63) is 0 Å². The molecule has 0 aromatic rings. The van der Waals surface area contributed by atoms with Gasteiger partial charge in [-0.25, -0.2) is 9.13 Å². The summed E-state index contributed by atoms with van der Waals surface area (Å²) in [5, 5.41) is 10.5. The lowest BCUT2D eigenvalue weighted by Crippen LogP contribution is -2.30. The molecule has 0 heterocycles. The van der Waals surface area contributed by atoms with E-state index in [1.54, 1.807) is 0 Å². The number of aliphatic hydroxyl groups excluding tert-OH is 1. The number of carbonyl (C=O) groups excluding carboxylic acids is 4. The van der Waals surface area contributed by atoms with Crippen molar-refractivity contribution in [3.8, 4) is 0 Å². The molecular weight excluding hydrogens is 1090 g/mol. The highest BCUT2D eigenvalue weighted by atomic mass is 31.2. The highest BCUT2D eigenvalue weighted by Crippen LogP contribution is 2.45. The molecule has 0 bridgehead atoms. The van der Waals surface area contributed by atoms with Crippen LogP contribution in [0.3, 0.4) is 0 Å². The fourth-order valence-corrected chi connectivity index (χ4v) is 10.8. The van der Waals surface area contributed by atoms with E-state index < -0.39 is 97.5 Å². The average Bonchev–Trinajstić information content (AvgIpc) is 3.43. The van der Waals surface area contributed by atoms with Crippen LogP contribution in [0.1, 0.15) is 299 Å². The maximum Gasteiger partial charge on any atom is 0.472 e. The largest absolute Gasteiger partial charge is 0.472 e. The average molecular weight is 1210 g/mol. The molecule has 0 saturated heterocycles. The minimum absolute atomic E-state index is 0.101. The van der Waals surface area contributed by atoms with Gasteiger partial charge in [0, 0.05) is 25.7 Å². The van der Waals surface area contributed by atoms with Crippen molar-refractivity contribution in [2.24, 2.45) is 23.7 Å². The van der Waals surface area contributed by atoms with Gasteiger partial charge >= 0.3 is 39.5 Å². The molecule has 0 fully saturated rings. The molecule has 0 amide bonds. The van der Waals surface area contributed by atoms with Crippen LogP contribution in [0.25, 0.3) is 0 Å². The Hall–Kier alpha value is -1.94. The summed E-state index contributed by atoms with van der Waals surface area (Å²) >= 11 is 0. The van der Waals surface area contributed by atoms with Crippen molar-refractivity contribution in [2.75, 3.05) is 39.6 Å². The molecule has 0 spiro atoms. The molecule has 0 aromatic carbocycles. The molecule has 4 unspecified atom stereocenters. The third-order valence-corrected chi connectivity index (χ3v) is 16.9. The van der Waals surface area contributed by atoms with E-state index in [1.165, 1.54) is 96.3 Å². The van der Waals surface area contributed by atoms with Crippen molar-refractivity contribution in [2.45, 2.75) is 318 Å². The molecule has 3 N–H and O–H groups in total. The molecule has 0 rings (SSSR count). The van der Waals surface area contributed by atoms with Crippen LogP contribution < -0.4 is 0 Å². The van der Waals surface area contributed by atoms with Crippen molar-refractivity contribution in [3.63, 3.8) is 0 Å². The molecule has 19 heteroatoms. The quantitative estimate of drug-likeness (QED) is 0.0222. The summed E-state index contributed by atoms with van der Waals surface area (Å²) in [6, 6.07) is 0. The van der Waals surface area contributed by atoms with E-state index in [4.69, 9.17) is 37.0 Å². The second kappa shape index (κ2) is 53.3. The lowest BCUT2D eigenvalue weighted by atomic mass is 9.99. The summed E-state index contributed by atoms with van der Waals surface area (Å²) in [7, 11) is -9.89. The van der Waals surface area contributed by atoms with E-state index in [0.29, 0.717) is 37.5 Å². The maximum absolute atomic E-state index is 12.9. The van der Waals surface area contributed by atoms with Crippen LogP contribution in [0.4, 0.5) is 0 Å². The van der Waals surface area contributed by atoms with Crippen molar-refractivity contribution in [1.29, 1.82) is 0 Å². The fraction of sp³-hybridized carbons (Fsp3) is 0.937. The van der Waals surface area contributed by atoms with Crippen LogP contribution in [0, 0.1) is 23.7 Å². The van der Waals surface area contributed by atoms with E-state index in [1.807, 2.05) is 0 Å². The molecule has 486 valence electrons. The maximum atomic E-state index is 12.9. The SMILES string of the molecule is CCC(C)CCCCCCCCCCC(=O)OC[C@H](COP(=O)(O)OC[C@@H](O)COP(=O)(O)OC[C@@H](COC(=O)CCCCCCCCC(C)C)OC(=O)CCCCCCCCCCC(C)CC)OC(=O)CCCCCCCCC(C)C. The van der Waals surface area contributed by atoms with Gasteiger partial charge in [-0.3, -0.25) is 37.3 Å². The summed E-state index contributed by atoms with van der Waals surface area (Å²) in [6.07, 6.45) is 32.3. The molecule has 0 aromatic heterocycles. The van der Waals surface area contributed by atoms with E-state index in [-0.39, 0.29) is 25.7 Å². The first-order chi connectivity index (χ1) is 39.2. The first-order valence-electron chi connectivity index (χ1n) is 32.8. The summed E-state index contributed by atoms with van der Waals surface area (Å²) in [6.45, 7) is 13.9. The minimum Gasteiger partial charge on any atom is -0.462 e. The number of phosphoric ester groups is 2. The first kappa shape index (κ1) is 80.1. The van der Waals surface area contributed by atoms with E-state index in [2.05, 4.69) is 55.4 Å². The van der Waals surface area contributed by atoms with Gasteiger partial charge in [0.05, 0.1) is 26.4 Å². The Bertz CT molecular complexity index is 1650. The zero-order valence-electron chi connectivity index (χ0n) is 53.1. The molecule has 0 saturated carbocycles. The van der Waals surface area contributed by atoms with Gasteiger partial charge < -0.3 is 33.8 Å². The number of hydrogen-bond donors (Lipinski definition) is 3. The highest BCUT2D eigenvalue weighted by molar-refractivity contribution is 7.47. The molecule has 0 radical (unpaired) electrons. The van der Waals surface area contributed by atoms with Crippen molar-refractivity contribution in [1.82, 2.24) is 0 Å². The number of phosphoric acid groups is 2. The van der Waals surface area contributed by atoms with E-state index in [0.717, 1.165) is 108 Å². The third-order valence-electron chi connectivity index (χ3n) is 15.0. The van der Waals surface area contributed by atoms with Gasteiger partial charge in [-0.1, -0.05) is 248 Å². The van der Waals surface area contributed by atoms with Gasteiger partial charge in [-0.05, 0) is 49.4 Å². The highest BCUT2D eigenvalue weighted by Gasteiger charge is 2.30. The number of rotatable bonds is 60.